The first-order valence-corrected chi connectivity index (χ1v) is 12.6. The molecule has 38 heavy (non-hydrogen) atoms. The molecule has 2 aliphatic heterocycles. The maximum atomic E-state index is 14.1. The smallest absolute Gasteiger partial charge is 0.264 e. The lowest BCUT2D eigenvalue weighted by atomic mass is 9.82. The second kappa shape index (κ2) is 9.27. The monoisotopic (exact) mass is 501 g/mol. The molecule has 0 unspecified atom stereocenters. The van der Waals surface area contributed by atoms with Gasteiger partial charge < -0.3 is 10.2 Å². The zero-order chi connectivity index (χ0) is 26.3. The maximum Gasteiger partial charge on any atom is 0.264 e. The molecule has 0 spiro atoms. The number of guanidine groups is 1. The second-order valence-corrected chi connectivity index (χ2v) is 9.80. The van der Waals surface area contributed by atoms with Gasteiger partial charge in [0, 0.05) is 30.5 Å². The Morgan fingerprint density at radius 2 is 1.58 bits per heavy atom. The van der Waals surface area contributed by atoms with Gasteiger partial charge in [0.15, 0.2) is 11.5 Å². The van der Waals surface area contributed by atoms with Gasteiger partial charge in [-0.25, -0.2) is 0 Å². The molecule has 4 aromatic rings. The first kappa shape index (κ1) is 23.6. The summed E-state index contributed by atoms with van der Waals surface area (Å²) in [5.74, 6) is -0.267. The summed E-state index contributed by atoms with van der Waals surface area (Å²) in [5.41, 5.74) is 4.82. The Bertz CT molecular complexity index is 1510. The van der Waals surface area contributed by atoms with Crippen molar-refractivity contribution in [2.24, 2.45) is 0 Å². The summed E-state index contributed by atoms with van der Waals surface area (Å²) in [6, 6.07) is 28.4. The van der Waals surface area contributed by atoms with E-state index < -0.39 is 5.54 Å². The van der Waals surface area contributed by atoms with Crippen LogP contribution in [0.5, 0.6) is 0 Å². The van der Waals surface area contributed by atoms with E-state index in [1.54, 1.807) is 6.07 Å². The van der Waals surface area contributed by atoms with Gasteiger partial charge in [-0.15, -0.1) is 0 Å². The Hall–Kier alpha value is -4.78. The molecule has 0 bridgehead atoms. The molecule has 0 aliphatic carbocycles. The molecule has 0 atom stereocenters. The molecular weight excluding hydrogens is 474 g/mol. The van der Waals surface area contributed by atoms with Crippen LogP contribution in [0.2, 0.25) is 0 Å². The van der Waals surface area contributed by atoms with Crippen molar-refractivity contribution in [1.29, 1.82) is 5.41 Å². The van der Waals surface area contributed by atoms with E-state index in [1.165, 1.54) is 4.90 Å². The molecule has 0 saturated carbocycles. The van der Waals surface area contributed by atoms with Crippen molar-refractivity contribution >= 4 is 17.8 Å². The minimum Gasteiger partial charge on any atom is -0.334 e. The van der Waals surface area contributed by atoms with Crippen molar-refractivity contribution in [3.8, 4) is 0 Å². The first-order chi connectivity index (χ1) is 18.5. The fourth-order valence-corrected chi connectivity index (χ4v) is 5.40. The molecule has 2 N–H and O–H groups in total. The van der Waals surface area contributed by atoms with Gasteiger partial charge in [-0.3, -0.25) is 24.9 Å². The standard InChI is InChI=1S/C31H27N5O2/c1-21-15-24-19-35(20-25(24)17-33-21)28(37)23-10-8-9-22(16-23)18-36-29(38)31(34-30(36)32,26-11-4-2-5-12-26)27-13-6-3-7-14-27/h2-17H,18-20H2,1H3,(H2,32,34). The number of rotatable bonds is 5. The molecule has 2 aliphatic rings. The fourth-order valence-electron chi connectivity index (χ4n) is 5.40. The van der Waals surface area contributed by atoms with Crippen LogP contribution in [0, 0.1) is 12.3 Å². The molecule has 0 radical (unpaired) electrons. The van der Waals surface area contributed by atoms with Gasteiger partial charge in [0.1, 0.15) is 0 Å². The van der Waals surface area contributed by atoms with Crippen LogP contribution < -0.4 is 5.32 Å². The van der Waals surface area contributed by atoms with E-state index in [9.17, 15) is 9.59 Å². The third-order valence-electron chi connectivity index (χ3n) is 7.30. The van der Waals surface area contributed by atoms with Gasteiger partial charge in [-0.05, 0) is 52.9 Å². The van der Waals surface area contributed by atoms with Gasteiger partial charge in [0.2, 0.25) is 0 Å². The third kappa shape index (κ3) is 3.93. The Labute approximate surface area is 221 Å². The largest absolute Gasteiger partial charge is 0.334 e. The summed E-state index contributed by atoms with van der Waals surface area (Å²) in [6.45, 7) is 3.21. The molecule has 188 valence electrons. The van der Waals surface area contributed by atoms with Gasteiger partial charge in [0.05, 0.1) is 6.54 Å². The average molecular weight is 502 g/mol. The number of nitrogens with one attached hydrogen (secondary N) is 2. The molecule has 1 aromatic heterocycles. The molecule has 1 fully saturated rings. The predicted molar refractivity (Wildman–Crippen MR) is 144 cm³/mol. The van der Waals surface area contributed by atoms with E-state index in [0.717, 1.165) is 33.5 Å². The second-order valence-electron chi connectivity index (χ2n) is 9.80. The highest BCUT2D eigenvalue weighted by Crippen LogP contribution is 2.36. The van der Waals surface area contributed by atoms with Crippen LogP contribution in [0.25, 0.3) is 0 Å². The van der Waals surface area contributed by atoms with Crippen LogP contribution in [0.3, 0.4) is 0 Å². The lowest BCUT2D eigenvalue weighted by Gasteiger charge is -2.28. The van der Waals surface area contributed by atoms with Gasteiger partial charge >= 0.3 is 0 Å². The third-order valence-corrected chi connectivity index (χ3v) is 7.30. The minimum absolute atomic E-state index is 0.0253. The lowest BCUT2D eigenvalue weighted by molar-refractivity contribution is -0.130. The van der Waals surface area contributed by atoms with Crippen LogP contribution in [-0.4, -0.2) is 32.6 Å². The topological polar surface area (TPSA) is 89.4 Å². The van der Waals surface area contributed by atoms with E-state index in [4.69, 9.17) is 5.41 Å². The van der Waals surface area contributed by atoms with Crippen LogP contribution in [0.4, 0.5) is 0 Å². The van der Waals surface area contributed by atoms with E-state index in [1.807, 2.05) is 103 Å². The van der Waals surface area contributed by atoms with Crippen molar-refractivity contribution < 1.29 is 9.59 Å². The van der Waals surface area contributed by atoms with Crippen molar-refractivity contribution in [3.05, 3.63) is 136 Å². The van der Waals surface area contributed by atoms with Crippen LogP contribution >= 0.6 is 0 Å². The molecule has 3 aromatic carbocycles. The van der Waals surface area contributed by atoms with Crippen LogP contribution in [0.15, 0.2) is 97.2 Å². The molecule has 7 nitrogen and oxygen atoms in total. The number of benzene rings is 3. The minimum atomic E-state index is -1.19. The first-order valence-electron chi connectivity index (χ1n) is 12.6. The zero-order valence-electron chi connectivity index (χ0n) is 21.0. The Kier molecular flexibility index (Phi) is 5.76. The SMILES string of the molecule is Cc1cc2c(cn1)CN(C(=O)c1cccc(CN3C(=N)NC(c4ccccc4)(c4ccccc4)C3=O)c1)C2. The maximum absolute atomic E-state index is 14.1. The number of carbonyl (C=O) groups excluding carboxylic acids is 2. The Balaban J connectivity index is 1.27. The molecule has 7 heteroatoms. The number of amides is 2. The zero-order valence-corrected chi connectivity index (χ0v) is 21.0. The summed E-state index contributed by atoms with van der Waals surface area (Å²) in [7, 11) is 0. The summed E-state index contributed by atoms with van der Waals surface area (Å²) in [4.78, 5) is 35.0. The quantitative estimate of drug-likeness (QED) is 0.425. The highest BCUT2D eigenvalue weighted by atomic mass is 16.2. The molecule has 3 heterocycles. The number of aromatic nitrogens is 1. The summed E-state index contributed by atoms with van der Waals surface area (Å²) in [6.07, 6.45) is 1.84. The highest BCUT2D eigenvalue weighted by Gasteiger charge is 2.52. The van der Waals surface area contributed by atoms with Gasteiger partial charge in [-0.2, -0.15) is 0 Å². The van der Waals surface area contributed by atoms with Crippen LogP contribution in [0.1, 0.15) is 43.9 Å². The van der Waals surface area contributed by atoms with Crippen LogP contribution in [-0.2, 0) is 30.0 Å². The number of aryl methyl sites for hydroxylation is 1. The Morgan fingerprint density at radius 1 is 0.921 bits per heavy atom. The number of fused-ring (bicyclic) bond motifs is 1. The predicted octanol–water partition coefficient (Wildman–Crippen LogP) is 4.36. The number of hydrogen-bond donors (Lipinski definition) is 2. The number of hydrogen-bond acceptors (Lipinski definition) is 4. The number of pyridine rings is 1. The lowest BCUT2D eigenvalue weighted by Crippen LogP contribution is -2.45. The molecular formula is C31H27N5O2. The Morgan fingerprint density at radius 3 is 2.26 bits per heavy atom. The van der Waals surface area contributed by atoms with E-state index in [0.29, 0.717) is 18.7 Å². The number of nitrogens with zero attached hydrogens (tertiary/aromatic N) is 3. The van der Waals surface area contributed by atoms with E-state index in [2.05, 4.69) is 10.3 Å². The highest BCUT2D eigenvalue weighted by molar-refractivity contribution is 6.10. The molecule has 1 saturated heterocycles. The summed E-state index contributed by atoms with van der Waals surface area (Å²) in [5, 5.41) is 11.9. The molecule has 6 rings (SSSR count). The van der Waals surface area contributed by atoms with Crippen molar-refractivity contribution in [3.63, 3.8) is 0 Å². The van der Waals surface area contributed by atoms with E-state index in [-0.39, 0.29) is 24.3 Å². The van der Waals surface area contributed by atoms with Crippen molar-refractivity contribution in [1.82, 2.24) is 20.1 Å². The average Bonchev–Trinajstić information content (AvgIpc) is 3.48. The van der Waals surface area contributed by atoms with E-state index >= 15 is 0 Å². The fraction of sp³-hybridized carbons (Fsp3) is 0.161. The molecule has 2 amide bonds. The van der Waals surface area contributed by atoms with Gasteiger partial charge in [-0.1, -0.05) is 72.8 Å². The normalized spacial score (nSPS) is 15.9. The summed E-state index contributed by atoms with van der Waals surface area (Å²) < 4.78 is 0. The van der Waals surface area contributed by atoms with Crippen molar-refractivity contribution in [2.75, 3.05) is 0 Å². The summed E-state index contributed by atoms with van der Waals surface area (Å²) >= 11 is 0. The van der Waals surface area contributed by atoms with Gasteiger partial charge in [0.25, 0.3) is 11.8 Å². The van der Waals surface area contributed by atoms with Crippen molar-refractivity contribution in [2.45, 2.75) is 32.1 Å². The number of carbonyl (C=O) groups is 2.